The van der Waals surface area contributed by atoms with Crippen molar-refractivity contribution in [3.8, 4) is 0 Å². The van der Waals surface area contributed by atoms with E-state index >= 15 is 0 Å². The number of hydrogen-bond acceptors (Lipinski definition) is 4. The number of ether oxygens (including phenoxy) is 1. The molecule has 17 heavy (non-hydrogen) atoms. The zero-order chi connectivity index (χ0) is 12.3. The lowest BCUT2D eigenvalue weighted by Gasteiger charge is -2.22. The van der Waals surface area contributed by atoms with Crippen LogP contribution in [0.1, 0.15) is 26.7 Å². The van der Waals surface area contributed by atoms with Gasteiger partial charge in [0.1, 0.15) is 5.78 Å². The summed E-state index contributed by atoms with van der Waals surface area (Å²) in [5, 5.41) is 0. The predicted octanol–water partition coefficient (Wildman–Crippen LogP) is 1.25. The van der Waals surface area contributed by atoms with Crippen LogP contribution < -0.4 is 0 Å². The molecule has 0 aromatic rings. The fourth-order valence-electron chi connectivity index (χ4n) is 3.70. The van der Waals surface area contributed by atoms with Gasteiger partial charge in [-0.1, -0.05) is 24.5 Å². The van der Waals surface area contributed by atoms with Gasteiger partial charge in [-0.05, 0) is 13.3 Å². The first-order valence-electron chi connectivity index (χ1n) is 6.06. The third-order valence-electron chi connectivity index (χ3n) is 4.33. The number of carbonyl (C=O) groups excluding carboxylic acids is 3. The second-order valence-electron chi connectivity index (χ2n) is 5.11. The van der Waals surface area contributed by atoms with Crippen molar-refractivity contribution in [2.45, 2.75) is 26.7 Å². The Hall–Kier alpha value is -1.45. The highest BCUT2D eigenvalue weighted by Crippen LogP contribution is 2.56. The molecule has 0 aromatic heterocycles. The van der Waals surface area contributed by atoms with Crippen LogP contribution in [0.4, 0.5) is 0 Å². The molecule has 0 amide bonds. The Morgan fingerprint density at radius 3 is 2.24 bits per heavy atom. The molecule has 3 aliphatic rings. The van der Waals surface area contributed by atoms with Crippen molar-refractivity contribution >= 4 is 17.7 Å². The van der Waals surface area contributed by atoms with E-state index in [1.807, 2.05) is 13.8 Å². The minimum Gasteiger partial charge on any atom is -0.393 e. The number of fused-ring (bicyclic) bond motifs is 5. The van der Waals surface area contributed by atoms with Gasteiger partial charge in [0, 0.05) is 0 Å². The molecule has 1 aliphatic heterocycles. The normalized spacial score (nSPS) is 39.1. The summed E-state index contributed by atoms with van der Waals surface area (Å²) in [4.78, 5) is 35.4. The molecule has 4 unspecified atom stereocenters. The van der Waals surface area contributed by atoms with E-state index in [0.717, 1.165) is 24.0 Å². The fraction of sp³-hybridized carbons (Fsp3) is 0.615. The zero-order valence-electron chi connectivity index (χ0n) is 9.86. The van der Waals surface area contributed by atoms with Crippen LogP contribution in [-0.2, 0) is 19.1 Å². The van der Waals surface area contributed by atoms with Gasteiger partial charge < -0.3 is 4.74 Å². The molecule has 4 heteroatoms. The van der Waals surface area contributed by atoms with Crippen LogP contribution in [0.25, 0.3) is 0 Å². The highest BCUT2D eigenvalue weighted by atomic mass is 16.6. The Morgan fingerprint density at radius 2 is 1.65 bits per heavy atom. The standard InChI is InChI=1S/C13H14O4/c1-3-4-6-5(2)7-9-10(8(6)11(7)14)13(16)17-12(9)15/h7-10H,3-4H2,1-2H3. The van der Waals surface area contributed by atoms with Crippen LogP contribution in [0, 0.1) is 23.7 Å². The smallest absolute Gasteiger partial charge is 0.318 e. The first-order chi connectivity index (χ1) is 8.07. The lowest BCUT2D eigenvalue weighted by Crippen LogP contribution is -2.26. The molecule has 2 aliphatic carbocycles. The molecule has 4 nitrogen and oxygen atoms in total. The average molecular weight is 234 g/mol. The molecule has 0 radical (unpaired) electrons. The molecule has 3 rings (SSSR count). The Balaban J connectivity index is 2.08. The van der Waals surface area contributed by atoms with E-state index in [4.69, 9.17) is 0 Å². The molecule has 90 valence electrons. The summed E-state index contributed by atoms with van der Waals surface area (Å²) in [5.74, 6) is -2.75. The van der Waals surface area contributed by atoms with Gasteiger partial charge in [-0.3, -0.25) is 14.4 Å². The largest absolute Gasteiger partial charge is 0.393 e. The van der Waals surface area contributed by atoms with E-state index in [2.05, 4.69) is 4.74 Å². The molecule has 2 fully saturated rings. The summed E-state index contributed by atoms with van der Waals surface area (Å²) in [6, 6.07) is 0. The van der Waals surface area contributed by atoms with Gasteiger partial charge in [0.25, 0.3) is 0 Å². The van der Waals surface area contributed by atoms with Crippen molar-refractivity contribution in [1.82, 2.24) is 0 Å². The van der Waals surface area contributed by atoms with Crippen LogP contribution in [0.15, 0.2) is 11.1 Å². The highest BCUT2D eigenvalue weighted by molar-refractivity contribution is 6.09. The van der Waals surface area contributed by atoms with Crippen LogP contribution in [0.5, 0.6) is 0 Å². The van der Waals surface area contributed by atoms with Gasteiger partial charge in [0.15, 0.2) is 0 Å². The fourth-order valence-corrected chi connectivity index (χ4v) is 3.70. The number of esters is 2. The van der Waals surface area contributed by atoms with Crippen molar-refractivity contribution < 1.29 is 19.1 Å². The summed E-state index contributed by atoms with van der Waals surface area (Å²) in [7, 11) is 0. The van der Waals surface area contributed by atoms with Crippen LogP contribution in [-0.4, -0.2) is 17.7 Å². The van der Waals surface area contributed by atoms with Crippen molar-refractivity contribution in [2.75, 3.05) is 0 Å². The van der Waals surface area contributed by atoms with Crippen molar-refractivity contribution in [1.29, 1.82) is 0 Å². The second-order valence-corrected chi connectivity index (χ2v) is 5.11. The van der Waals surface area contributed by atoms with Gasteiger partial charge in [-0.2, -0.15) is 0 Å². The minimum atomic E-state index is -0.527. The minimum absolute atomic E-state index is 0.0611. The van der Waals surface area contributed by atoms with Gasteiger partial charge in [0.2, 0.25) is 0 Å². The molecule has 2 bridgehead atoms. The lowest BCUT2D eigenvalue weighted by atomic mass is 9.76. The van der Waals surface area contributed by atoms with E-state index in [0.29, 0.717) is 0 Å². The molecule has 1 saturated heterocycles. The van der Waals surface area contributed by atoms with Crippen molar-refractivity contribution in [3.63, 3.8) is 0 Å². The molecule has 0 spiro atoms. The maximum absolute atomic E-state index is 12.2. The maximum Gasteiger partial charge on any atom is 0.318 e. The van der Waals surface area contributed by atoms with Crippen LogP contribution in [0.3, 0.4) is 0 Å². The number of carbonyl (C=O) groups is 3. The second kappa shape index (κ2) is 3.28. The topological polar surface area (TPSA) is 60.4 Å². The first-order valence-corrected chi connectivity index (χ1v) is 6.06. The molecule has 4 atom stereocenters. The van der Waals surface area contributed by atoms with Gasteiger partial charge in [-0.15, -0.1) is 0 Å². The first kappa shape index (κ1) is 10.7. The number of allylic oxidation sites excluding steroid dienone is 2. The van der Waals surface area contributed by atoms with Gasteiger partial charge in [-0.25, -0.2) is 0 Å². The number of Topliss-reactive ketones (excluding diaryl/α,β-unsaturated/α-hetero) is 1. The molecule has 1 saturated carbocycles. The SMILES string of the molecule is CCCC1=C(C)C2C(=O)C1C1C(=O)OC(=O)C21. The van der Waals surface area contributed by atoms with Crippen LogP contribution in [0.2, 0.25) is 0 Å². The Morgan fingerprint density at radius 1 is 1.06 bits per heavy atom. The molecule has 1 heterocycles. The summed E-state index contributed by atoms with van der Waals surface area (Å²) < 4.78 is 4.68. The van der Waals surface area contributed by atoms with E-state index in [9.17, 15) is 14.4 Å². The van der Waals surface area contributed by atoms with E-state index in [1.54, 1.807) is 0 Å². The Bertz CT molecular complexity index is 474. The molecule has 0 aromatic carbocycles. The number of hydrogen-bond donors (Lipinski definition) is 0. The van der Waals surface area contributed by atoms with Gasteiger partial charge >= 0.3 is 11.9 Å². The Labute approximate surface area is 99.0 Å². The highest BCUT2D eigenvalue weighted by Gasteiger charge is 2.66. The Kier molecular flexibility index (Phi) is 2.06. The van der Waals surface area contributed by atoms with Crippen molar-refractivity contribution in [3.05, 3.63) is 11.1 Å². The number of rotatable bonds is 2. The zero-order valence-corrected chi connectivity index (χ0v) is 9.86. The van der Waals surface area contributed by atoms with Crippen molar-refractivity contribution in [2.24, 2.45) is 23.7 Å². The third kappa shape index (κ3) is 1.10. The monoisotopic (exact) mass is 234 g/mol. The average Bonchev–Trinajstić information content (AvgIpc) is 2.80. The number of ketones is 1. The summed E-state index contributed by atoms with van der Waals surface area (Å²) in [6.07, 6.45) is 1.78. The maximum atomic E-state index is 12.2. The number of cyclic esters (lactones) is 2. The third-order valence-corrected chi connectivity index (χ3v) is 4.33. The molecule has 0 N–H and O–H groups in total. The quantitative estimate of drug-likeness (QED) is 0.410. The van der Waals surface area contributed by atoms with E-state index in [-0.39, 0.29) is 17.6 Å². The summed E-state index contributed by atoms with van der Waals surface area (Å²) in [6.45, 7) is 3.96. The summed E-state index contributed by atoms with van der Waals surface area (Å²) >= 11 is 0. The van der Waals surface area contributed by atoms with E-state index < -0.39 is 23.8 Å². The van der Waals surface area contributed by atoms with Crippen LogP contribution >= 0.6 is 0 Å². The van der Waals surface area contributed by atoms with E-state index in [1.165, 1.54) is 0 Å². The molecular formula is C13H14O4. The van der Waals surface area contributed by atoms with Gasteiger partial charge in [0.05, 0.1) is 23.7 Å². The lowest BCUT2D eigenvalue weighted by molar-refractivity contribution is -0.155. The summed E-state index contributed by atoms with van der Waals surface area (Å²) in [5.41, 5.74) is 2.09. The predicted molar refractivity (Wildman–Crippen MR) is 57.7 cm³/mol. The molecular weight excluding hydrogens is 220 g/mol.